The lowest BCUT2D eigenvalue weighted by Crippen LogP contribution is -1.95. The molecule has 3 aromatic carbocycles. The minimum atomic E-state index is -0.280. The van der Waals surface area contributed by atoms with Gasteiger partial charge in [-0.25, -0.2) is 0 Å². The molecule has 1 atom stereocenters. The van der Waals surface area contributed by atoms with Crippen LogP contribution in [0.2, 0.25) is 10.0 Å². The number of fused-ring (bicyclic) bond motifs is 1. The lowest BCUT2D eigenvalue weighted by molar-refractivity contribution is 1.16. The van der Waals surface area contributed by atoms with Crippen LogP contribution in [0.5, 0.6) is 0 Å². The monoisotopic (exact) mass is 320 g/mol. The fourth-order valence-electron chi connectivity index (χ4n) is 2.37. The summed E-state index contributed by atoms with van der Waals surface area (Å²) >= 11 is 18.8. The van der Waals surface area contributed by atoms with Gasteiger partial charge >= 0.3 is 0 Å². The molecule has 0 spiro atoms. The summed E-state index contributed by atoms with van der Waals surface area (Å²) in [4.78, 5) is 0. The average Bonchev–Trinajstić information content (AvgIpc) is 2.45. The molecule has 3 rings (SSSR count). The molecule has 0 N–H and O–H groups in total. The van der Waals surface area contributed by atoms with Crippen molar-refractivity contribution in [2.45, 2.75) is 5.38 Å². The first kappa shape index (κ1) is 13.8. The Hall–Kier alpha value is -1.21. The molecule has 0 heterocycles. The zero-order valence-electron chi connectivity index (χ0n) is 10.5. The third-order valence-electron chi connectivity index (χ3n) is 3.27. The molecule has 20 heavy (non-hydrogen) atoms. The third-order valence-corrected chi connectivity index (χ3v) is 4.20. The van der Waals surface area contributed by atoms with Crippen molar-refractivity contribution < 1.29 is 0 Å². The van der Waals surface area contributed by atoms with E-state index in [1.807, 2.05) is 36.4 Å². The smallest absolute Gasteiger partial charge is 0.0842 e. The van der Waals surface area contributed by atoms with Crippen molar-refractivity contribution in [1.82, 2.24) is 0 Å². The minimum Gasteiger partial charge on any atom is -0.113 e. The summed E-state index contributed by atoms with van der Waals surface area (Å²) in [5, 5.41) is 3.23. The van der Waals surface area contributed by atoms with Crippen LogP contribution in [0.1, 0.15) is 16.5 Å². The number of halogens is 3. The summed E-state index contributed by atoms with van der Waals surface area (Å²) in [6.07, 6.45) is 0. The van der Waals surface area contributed by atoms with Crippen molar-refractivity contribution in [3.8, 4) is 0 Å². The summed E-state index contributed by atoms with van der Waals surface area (Å²) in [6.45, 7) is 0. The molecule has 0 saturated carbocycles. The van der Waals surface area contributed by atoms with Crippen LogP contribution >= 0.6 is 34.8 Å². The number of hydrogen-bond acceptors (Lipinski definition) is 0. The van der Waals surface area contributed by atoms with Crippen molar-refractivity contribution >= 4 is 45.6 Å². The molecule has 0 bridgehead atoms. The Morgan fingerprint density at radius 2 is 1.40 bits per heavy atom. The maximum absolute atomic E-state index is 6.64. The Balaban J connectivity index is 2.15. The van der Waals surface area contributed by atoms with Crippen LogP contribution in [-0.2, 0) is 0 Å². The summed E-state index contributed by atoms with van der Waals surface area (Å²) in [5.74, 6) is 0. The molecule has 0 nitrogen and oxygen atoms in total. The SMILES string of the molecule is Clc1cc(Cl)cc(C(Cl)c2cccc3ccccc23)c1. The Kier molecular flexibility index (Phi) is 3.89. The van der Waals surface area contributed by atoms with Crippen molar-refractivity contribution in [2.24, 2.45) is 0 Å². The van der Waals surface area contributed by atoms with Crippen molar-refractivity contribution in [2.75, 3.05) is 0 Å². The molecule has 0 aliphatic heterocycles. The predicted octanol–water partition coefficient (Wildman–Crippen LogP) is 6.47. The van der Waals surface area contributed by atoms with Gasteiger partial charge in [-0.1, -0.05) is 65.7 Å². The van der Waals surface area contributed by atoms with Crippen LogP contribution in [0.25, 0.3) is 10.8 Å². The van der Waals surface area contributed by atoms with Gasteiger partial charge < -0.3 is 0 Å². The highest BCUT2D eigenvalue weighted by atomic mass is 35.5. The topological polar surface area (TPSA) is 0 Å². The summed E-state index contributed by atoms with van der Waals surface area (Å²) in [5.41, 5.74) is 1.96. The summed E-state index contributed by atoms with van der Waals surface area (Å²) in [7, 11) is 0. The van der Waals surface area contributed by atoms with E-state index in [-0.39, 0.29) is 5.38 Å². The fourth-order valence-corrected chi connectivity index (χ4v) is 3.23. The van der Waals surface area contributed by atoms with Crippen LogP contribution in [0, 0.1) is 0 Å². The van der Waals surface area contributed by atoms with Crippen LogP contribution in [0.15, 0.2) is 60.7 Å². The minimum absolute atomic E-state index is 0.280. The van der Waals surface area contributed by atoms with Gasteiger partial charge in [-0.05, 0) is 40.1 Å². The highest BCUT2D eigenvalue weighted by molar-refractivity contribution is 6.35. The van der Waals surface area contributed by atoms with E-state index >= 15 is 0 Å². The first-order chi connectivity index (χ1) is 9.65. The lowest BCUT2D eigenvalue weighted by Gasteiger charge is -2.14. The van der Waals surface area contributed by atoms with E-state index in [4.69, 9.17) is 34.8 Å². The molecular formula is C17H11Cl3. The van der Waals surface area contributed by atoms with E-state index in [1.165, 1.54) is 5.39 Å². The van der Waals surface area contributed by atoms with E-state index in [9.17, 15) is 0 Å². The van der Waals surface area contributed by atoms with Crippen molar-refractivity contribution in [3.05, 3.63) is 81.8 Å². The third kappa shape index (κ3) is 2.64. The molecule has 3 aromatic rings. The van der Waals surface area contributed by atoms with Crippen molar-refractivity contribution in [1.29, 1.82) is 0 Å². The maximum Gasteiger partial charge on any atom is 0.0842 e. The average molecular weight is 322 g/mol. The quantitative estimate of drug-likeness (QED) is 0.474. The molecule has 0 aliphatic carbocycles. The van der Waals surface area contributed by atoms with Crippen LogP contribution < -0.4 is 0 Å². The standard InChI is InChI=1S/C17H11Cl3/c18-13-8-12(9-14(19)10-13)17(20)16-7-3-5-11-4-1-2-6-15(11)16/h1-10,17H. The zero-order valence-corrected chi connectivity index (χ0v) is 12.8. The molecule has 3 heteroatoms. The maximum atomic E-state index is 6.64. The second-order valence-corrected chi connectivity index (χ2v) is 5.94. The molecule has 0 fully saturated rings. The molecule has 0 saturated heterocycles. The normalized spacial score (nSPS) is 12.6. The molecule has 0 radical (unpaired) electrons. The van der Waals surface area contributed by atoms with E-state index in [1.54, 1.807) is 6.07 Å². The highest BCUT2D eigenvalue weighted by Gasteiger charge is 2.14. The first-order valence-corrected chi connectivity index (χ1v) is 7.42. The molecule has 1 unspecified atom stereocenters. The Labute approximate surface area is 132 Å². The molecule has 100 valence electrons. The van der Waals surface area contributed by atoms with Gasteiger partial charge in [0.05, 0.1) is 5.38 Å². The summed E-state index contributed by atoms with van der Waals surface area (Å²) < 4.78 is 0. The van der Waals surface area contributed by atoms with Gasteiger partial charge in [-0.3, -0.25) is 0 Å². The molecule has 0 aliphatic rings. The van der Waals surface area contributed by atoms with Gasteiger partial charge in [-0.15, -0.1) is 11.6 Å². The number of rotatable bonds is 2. The molecule has 0 aromatic heterocycles. The molecule has 0 amide bonds. The fraction of sp³-hybridized carbons (Fsp3) is 0.0588. The van der Waals surface area contributed by atoms with Gasteiger partial charge in [0, 0.05) is 10.0 Å². The largest absolute Gasteiger partial charge is 0.113 e. The number of benzene rings is 3. The van der Waals surface area contributed by atoms with Crippen LogP contribution in [-0.4, -0.2) is 0 Å². The van der Waals surface area contributed by atoms with Crippen molar-refractivity contribution in [3.63, 3.8) is 0 Å². The number of alkyl halides is 1. The van der Waals surface area contributed by atoms with Gasteiger partial charge in [0.15, 0.2) is 0 Å². The zero-order chi connectivity index (χ0) is 14.1. The Bertz CT molecular complexity index is 740. The first-order valence-electron chi connectivity index (χ1n) is 6.23. The second kappa shape index (κ2) is 5.65. The summed E-state index contributed by atoms with van der Waals surface area (Å²) in [6, 6.07) is 19.7. The van der Waals surface area contributed by atoms with Crippen LogP contribution in [0.3, 0.4) is 0 Å². The van der Waals surface area contributed by atoms with E-state index in [0.29, 0.717) is 10.0 Å². The van der Waals surface area contributed by atoms with Gasteiger partial charge in [-0.2, -0.15) is 0 Å². The van der Waals surface area contributed by atoms with E-state index < -0.39 is 0 Å². The lowest BCUT2D eigenvalue weighted by atomic mass is 9.98. The van der Waals surface area contributed by atoms with E-state index in [2.05, 4.69) is 18.2 Å². The number of hydrogen-bond donors (Lipinski definition) is 0. The van der Waals surface area contributed by atoms with Gasteiger partial charge in [0.2, 0.25) is 0 Å². The predicted molar refractivity (Wildman–Crippen MR) is 88.1 cm³/mol. The highest BCUT2D eigenvalue weighted by Crippen LogP contribution is 2.35. The second-order valence-electron chi connectivity index (χ2n) is 4.63. The molecular weight excluding hydrogens is 311 g/mol. The van der Waals surface area contributed by atoms with Gasteiger partial charge in [0.25, 0.3) is 0 Å². The Morgan fingerprint density at radius 1 is 0.750 bits per heavy atom. The van der Waals surface area contributed by atoms with E-state index in [0.717, 1.165) is 16.5 Å². The van der Waals surface area contributed by atoms with Gasteiger partial charge in [0.1, 0.15) is 0 Å². The Morgan fingerprint density at radius 3 is 2.15 bits per heavy atom. The van der Waals surface area contributed by atoms with Crippen LogP contribution in [0.4, 0.5) is 0 Å².